The van der Waals surface area contributed by atoms with Crippen LogP contribution in [0.4, 0.5) is 49.1 Å². The minimum Gasteiger partial charge on any atom is -0.506 e. The molecule has 10 nitrogen and oxygen atoms in total. The molecule has 0 saturated carbocycles. The predicted molar refractivity (Wildman–Crippen MR) is 198 cm³/mol. The highest BCUT2D eigenvalue weighted by Gasteiger charge is 2.72. The Morgan fingerprint density at radius 2 is 0.946 bits per heavy atom. The smallest absolute Gasteiger partial charge is 0.411 e. The third-order valence-corrected chi connectivity index (χ3v) is 8.47. The lowest BCUT2D eigenvalue weighted by Crippen LogP contribution is -2.54. The zero-order valence-electron chi connectivity index (χ0n) is 29.8. The molecule has 16 heteroatoms. The second-order valence-electron chi connectivity index (χ2n) is 12.3. The van der Waals surface area contributed by atoms with E-state index in [-0.39, 0.29) is 29.1 Å². The fourth-order valence-corrected chi connectivity index (χ4v) is 5.54. The van der Waals surface area contributed by atoms with E-state index in [1.165, 1.54) is 20.9 Å². The van der Waals surface area contributed by atoms with Crippen LogP contribution in [0.5, 0.6) is 11.5 Å². The SMILES string of the molecule is CC(=O)c1cccc(C(=O)Nc2ccc(NC(=O)c3cccc(C(C)=O)c3)cc2)c1.CNc1cc(C(c2ccc(O)c(N)c2)(C(F)(F)F)C(F)(F)F)ccc1O. The molecular weight excluding hydrogens is 746 g/mol. The van der Waals surface area contributed by atoms with Gasteiger partial charge >= 0.3 is 12.4 Å². The molecule has 0 bridgehead atoms. The van der Waals surface area contributed by atoms with Gasteiger partial charge in [0, 0.05) is 40.7 Å². The molecule has 0 unspecified atom stereocenters. The number of hydrogen-bond donors (Lipinski definition) is 6. The van der Waals surface area contributed by atoms with Crippen molar-refractivity contribution >= 4 is 46.1 Å². The van der Waals surface area contributed by atoms with Crippen molar-refractivity contribution in [2.75, 3.05) is 28.7 Å². The third-order valence-electron chi connectivity index (χ3n) is 8.47. The van der Waals surface area contributed by atoms with Gasteiger partial charge in [0.05, 0.1) is 11.4 Å². The van der Waals surface area contributed by atoms with Crippen molar-refractivity contribution in [2.24, 2.45) is 0 Å². The summed E-state index contributed by atoms with van der Waals surface area (Å²) in [6.45, 7) is 2.89. The van der Waals surface area contributed by atoms with Crippen LogP contribution in [0.3, 0.4) is 0 Å². The first kappa shape index (κ1) is 41.9. The standard InChI is InChI=1S/C24H20N2O4.C16H14F6N2O2/c1-15(27)17-5-3-7-19(13-17)23(29)25-21-9-11-22(12-10-21)26-24(30)20-8-4-6-18(14-20)16(2)28;1-24-11-7-9(3-5-13(11)26)14(15(17,18)19,16(20,21)22)8-2-4-12(25)10(23)6-8/h3-14H,1-2H3,(H,25,29)(H,26,30);2-7,24-26H,23H2,1H3. The van der Waals surface area contributed by atoms with E-state index in [0.717, 1.165) is 6.07 Å². The number of hydrogen-bond acceptors (Lipinski definition) is 8. The molecule has 5 aromatic carbocycles. The lowest BCUT2D eigenvalue weighted by atomic mass is 9.72. The first-order valence-corrected chi connectivity index (χ1v) is 16.4. The summed E-state index contributed by atoms with van der Waals surface area (Å²) in [5.41, 5.74) is 0.382. The first-order valence-electron chi connectivity index (χ1n) is 16.4. The van der Waals surface area contributed by atoms with Gasteiger partial charge in [-0.15, -0.1) is 0 Å². The van der Waals surface area contributed by atoms with Gasteiger partial charge < -0.3 is 31.9 Å². The Hall–Kier alpha value is -6.84. The molecular formula is C40H34F6N4O6. The fourth-order valence-electron chi connectivity index (χ4n) is 5.54. The van der Waals surface area contributed by atoms with E-state index in [9.17, 15) is 55.7 Å². The lowest BCUT2D eigenvalue weighted by Gasteiger charge is -2.38. The number of nitrogens with one attached hydrogen (secondary N) is 3. The van der Waals surface area contributed by atoms with Crippen LogP contribution >= 0.6 is 0 Å². The Labute approximate surface area is 316 Å². The van der Waals surface area contributed by atoms with E-state index in [4.69, 9.17) is 5.73 Å². The van der Waals surface area contributed by atoms with Crippen LogP contribution < -0.4 is 21.7 Å². The molecule has 0 aliphatic carbocycles. The minimum absolute atomic E-state index is 0.112. The Morgan fingerprint density at radius 1 is 0.554 bits per heavy atom. The van der Waals surface area contributed by atoms with Crippen molar-refractivity contribution in [3.05, 3.63) is 143 Å². The lowest BCUT2D eigenvalue weighted by molar-refractivity contribution is -0.288. The van der Waals surface area contributed by atoms with E-state index in [1.54, 1.807) is 72.8 Å². The number of halogens is 6. The molecule has 0 spiro atoms. The summed E-state index contributed by atoms with van der Waals surface area (Å²) in [6, 6.07) is 23.1. The molecule has 0 aromatic heterocycles. The van der Waals surface area contributed by atoms with Gasteiger partial charge in [-0.05, 0) is 97.8 Å². The summed E-state index contributed by atoms with van der Waals surface area (Å²) in [5, 5.41) is 26.8. The van der Waals surface area contributed by atoms with Crippen molar-refractivity contribution in [3.63, 3.8) is 0 Å². The number of aromatic hydroxyl groups is 2. The van der Waals surface area contributed by atoms with Gasteiger partial charge in [-0.1, -0.05) is 36.4 Å². The van der Waals surface area contributed by atoms with E-state index in [2.05, 4.69) is 16.0 Å². The highest BCUT2D eigenvalue weighted by Crippen LogP contribution is 2.57. The molecule has 56 heavy (non-hydrogen) atoms. The molecule has 0 atom stereocenters. The number of nitrogen functional groups attached to an aromatic ring is 1. The number of phenols is 2. The highest BCUT2D eigenvalue weighted by molar-refractivity contribution is 6.07. The van der Waals surface area contributed by atoms with Gasteiger partial charge in [-0.2, -0.15) is 26.3 Å². The monoisotopic (exact) mass is 780 g/mol. The van der Waals surface area contributed by atoms with Crippen molar-refractivity contribution in [1.29, 1.82) is 0 Å². The second kappa shape index (κ2) is 16.7. The molecule has 0 aliphatic heterocycles. The van der Waals surface area contributed by atoms with E-state index >= 15 is 0 Å². The average molecular weight is 781 g/mol. The Bertz CT molecular complexity index is 2170. The molecule has 0 fully saturated rings. The number of anilines is 4. The van der Waals surface area contributed by atoms with E-state index < -0.39 is 46.1 Å². The van der Waals surface area contributed by atoms with Crippen LogP contribution in [0.1, 0.15) is 66.4 Å². The van der Waals surface area contributed by atoms with Crippen LogP contribution in [0.25, 0.3) is 0 Å². The maximum Gasteiger partial charge on any atom is 0.411 e. The van der Waals surface area contributed by atoms with Gasteiger partial charge in [-0.25, -0.2) is 0 Å². The Morgan fingerprint density at radius 3 is 1.32 bits per heavy atom. The molecule has 2 amide bonds. The summed E-state index contributed by atoms with van der Waals surface area (Å²) in [6.07, 6.45) is -11.6. The zero-order chi connectivity index (χ0) is 41.6. The van der Waals surface area contributed by atoms with Crippen molar-refractivity contribution in [2.45, 2.75) is 31.6 Å². The molecule has 7 N–H and O–H groups in total. The second-order valence-corrected chi connectivity index (χ2v) is 12.3. The van der Waals surface area contributed by atoms with Gasteiger partial charge in [0.25, 0.3) is 11.8 Å². The van der Waals surface area contributed by atoms with E-state index in [1.807, 2.05) is 0 Å². The molecule has 0 heterocycles. The topological polar surface area (TPSA) is 171 Å². The number of carbonyl (C=O) groups excluding carboxylic acids is 4. The van der Waals surface area contributed by atoms with Crippen molar-refractivity contribution in [1.82, 2.24) is 0 Å². The molecule has 0 radical (unpaired) electrons. The number of alkyl halides is 6. The summed E-state index contributed by atoms with van der Waals surface area (Å²) < 4.78 is 83.4. The predicted octanol–water partition coefficient (Wildman–Crippen LogP) is 8.73. The third kappa shape index (κ3) is 9.09. The number of ketones is 2. The number of phenolic OH excluding ortho intramolecular Hbond substituents is 2. The number of Topliss-reactive ketones (excluding diaryl/α,β-unsaturated/α-hetero) is 2. The normalized spacial score (nSPS) is 11.4. The summed E-state index contributed by atoms with van der Waals surface area (Å²) in [5.74, 6) is -2.06. The van der Waals surface area contributed by atoms with Crippen molar-refractivity contribution < 1.29 is 55.7 Å². The summed E-state index contributed by atoms with van der Waals surface area (Å²) >= 11 is 0. The van der Waals surface area contributed by atoms with Crippen molar-refractivity contribution in [3.8, 4) is 11.5 Å². The number of nitrogens with two attached hydrogens (primary N) is 1. The number of benzene rings is 5. The largest absolute Gasteiger partial charge is 0.506 e. The Kier molecular flexibility index (Phi) is 12.5. The van der Waals surface area contributed by atoms with Crippen LogP contribution in [-0.2, 0) is 5.41 Å². The van der Waals surface area contributed by atoms with Gasteiger partial charge in [0.15, 0.2) is 11.6 Å². The molecule has 0 saturated heterocycles. The maximum absolute atomic E-state index is 13.9. The molecule has 0 aliphatic rings. The van der Waals surface area contributed by atoms with Crippen LogP contribution in [0, 0.1) is 0 Å². The van der Waals surface area contributed by atoms with Gasteiger partial charge in [0.1, 0.15) is 11.5 Å². The summed E-state index contributed by atoms with van der Waals surface area (Å²) in [4.78, 5) is 47.8. The minimum atomic E-state index is -5.79. The molecule has 5 rings (SSSR count). The number of rotatable bonds is 9. The maximum atomic E-state index is 13.9. The zero-order valence-corrected chi connectivity index (χ0v) is 29.8. The van der Waals surface area contributed by atoms with E-state index in [0.29, 0.717) is 64.0 Å². The first-order chi connectivity index (χ1) is 26.2. The fraction of sp³-hybridized carbons (Fsp3) is 0.150. The van der Waals surface area contributed by atoms with Crippen LogP contribution in [0.2, 0.25) is 0 Å². The van der Waals surface area contributed by atoms with Gasteiger partial charge in [-0.3, -0.25) is 19.2 Å². The Balaban J connectivity index is 0.000000251. The average Bonchev–Trinajstić information content (AvgIpc) is 3.14. The highest BCUT2D eigenvalue weighted by atomic mass is 19.4. The molecule has 5 aromatic rings. The number of carbonyl (C=O) groups is 4. The van der Waals surface area contributed by atoms with Gasteiger partial charge in [0.2, 0.25) is 5.41 Å². The quantitative estimate of drug-likeness (QED) is 0.0373. The molecule has 292 valence electrons. The number of amides is 2. The van der Waals surface area contributed by atoms with Crippen LogP contribution in [-0.4, -0.2) is 53.0 Å². The van der Waals surface area contributed by atoms with Crippen LogP contribution in [0.15, 0.2) is 109 Å². The summed E-state index contributed by atoms with van der Waals surface area (Å²) in [7, 11) is 1.24.